The van der Waals surface area contributed by atoms with Crippen molar-refractivity contribution in [1.82, 2.24) is 4.98 Å². The summed E-state index contributed by atoms with van der Waals surface area (Å²) in [5.41, 5.74) is 8.02. The predicted octanol–water partition coefficient (Wildman–Crippen LogP) is 4.01. The number of nitrogens with zero attached hydrogens (tertiary/aromatic N) is 3. The maximum atomic E-state index is 14.3. The summed E-state index contributed by atoms with van der Waals surface area (Å²) in [7, 11) is 0. The fourth-order valence-corrected chi connectivity index (χ4v) is 4.58. The molecule has 0 saturated carbocycles. The third-order valence-electron chi connectivity index (χ3n) is 4.78. The zero-order valence-electron chi connectivity index (χ0n) is 14.2. The number of halogens is 2. The highest BCUT2D eigenvalue weighted by molar-refractivity contribution is 8.02. The summed E-state index contributed by atoms with van der Waals surface area (Å²) in [4.78, 5) is 8.36. The molecular weight excluding hydrogens is 354 g/mol. The minimum Gasteiger partial charge on any atom is -0.368 e. The van der Waals surface area contributed by atoms with Crippen molar-refractivity contribution in [2.75, 3.05) is 22.9 Å². The van der Waals surface area contributed by atoms with Crippen LogP contribution < -0.4 is 15.5 Å². The standard InChI is InChI=1S/C19H20F2N4S/c20-14-4-1-5-15(21)18(14)19-25(9-10-26-19)17-11-23-7-6-16(17)24-8-2-3-13(22)12-24/h1,4-7,9-11,13,19H,2-3,8,12,22H2. The molecule has 2 unspecified atom stereocenters. The van der Waals surface area contributed by atoms with Crippen molar-refractivity contribution in [1.29, 1.82) is 0 Å². The topological polar surface area (TPSA) is 45.4 Å². The molecule has 2 N–H and O–H groups in total. The van der Waals surface area contributed by atoms with E-state index in [0.717, 1.165) is 37.3 Å². The van der Waals surface area contributed by atoms with Gasteiger partial charge in [-0.2, -0.15) is 0 Å². The molecule has 4 nitrogen and oxygen atoms in total. The highest BCUT2D eigenvalue weighted by Gasteiger charge is 2.31. The quantitative estimate of drug-likeness (QED) is 0.879. The van der Waals surface area contributed by atoms with Crippen molar-refractivity contribution in [3.8, 4) is 0 Å². The summed E-state index contributed by atoms with van der Waals surface area (Å²) >= 11 is 1.38. The van der Waals surface area contributed by atoms with Crippen molar-refractivity contribution in [3.63, 3.8) is 0 Å². The van der Waals surface area contributed by atoms with Gasteiger partial charge in [-0.05, 0) is 36.4 Å². The number of benzene rings is 1. The van der Waals surface area contributed by atoms with E-state index in [1.165, 1.54) is 30.0 Å². The number of anilines is 2. The van der Waals surface area contributed by atoms with E-state index in [1.54, 1.807) is 12.4 Å². The van der Waals surface area contributed by atoms with Gasteiger partial charge in [-0.15, -0.1) is 11.8 Å². The van der Waals surface area contributed by atoms with Crippen LogP contribution in [0, 0.1) is 11.6 Å². The summed E-state index contributed by atoms with van der Waals surface area (Å²) in [6.45, 7) is 1.68. The molecule has 1 aromatic carbocycles. The first-order valence-electron chi connectivity index (χ1n) is 8.64. The molecule has 26 heavy (non-hydrogen) atoms. The first-order chi connectivity index (χ1) is 12.6. The van der Waals surface area contributed by atoms with E-state index in [9.17, 15) is 8.78 Å². The number of nitrogens with two attached hydrogens (primary N) is 1. The van der Waals surface area contributed by atoms with E-state index in [0.29, 0.717) is 0 Å². The molecule has 3 heterocycles. The van der Waals surface area contributed by atoms with Crippen molar-refractivity contribution >= 4 is 23.1 Å². The second-order valence-corrected chi connectivity index (χ2v) is 7.52. The number of thioether (sulfide) groups is 1. The van der Waals surface area contributed by atoms with Crippen molar-refractivity contribution in [2.45, 2.75) is 24.3 Å². The Morgan fingerprint density at radius 3 is 2.73 bits per heavy atom. The molecule has 1 saturated heterocycles. The minimum absolute atomic E-state index is 0.0626. The smallest absolute Gasteiger partial charge is 0.132 e. The van der Waals surface area contributed by atoms with Gasteiger partial charge in [-0.1, -0.05) is 6.07 Å². The van der Waals surface area contributed by atoms with Crippen LogP contribution in [0.15, 0.2) is 48.3 Å². The van der Waals surface area contributed by atoms with Gasteiger partial charge in [0, 0.05) is 31.5 Å². The lowest BCUT2D eigenvalue weighted by Gasteiger charge is -2.36. The summed E-state index contributed by atoms with van der Waals surface area (Å²) < 4.78 is 28.7. The molecule has 0 spiro atoms. The summed E-state index contributed by atoms with van der Waals surface area (Å²) in [5.74, 6) is -1.08. The van der Waals surface area contributed by atoms with Gasteiger partial charge in [-0.3, -0.25) is 4.98 Å². The highest BCUT2D eigenvalue weighted by atomic mass is 32.2. The Morgan fingerprint density at radius 1 is 1.15 bits per heavy atom. The zero-order valence-corrected chi connectivity index (χ0v) is 15.0. The van der Waals surface area contributed by atoms with E-state index < -0.39 is 17.0 Å². The predicted molar refractivity (Wildman–Crippen MR) is 102 cm³/mol. The summed E-state index contributed by atoms with van der Waals surface area (Å²) in [6.07, 6.45) is 7.38. The van der Waals surface area contributed by atoms with E-state index in [2.05, 4.69) is 9.88 Å². The maximum Gasteiger partial charge on any atom is 0.132 e. The first-order valence-corrected chi connectivity index (χ1v) is 9.58. The molecule has 1 aromatic heterocycles. The molecule has 4 rings (SSSR count). The molecule has 0 bridgehead atoms. The van der Waals surface area contributed by atoms with Gasteiger partial charge >= 0.3 is 0 Å². The molecule has 0 radical (unpaired) electrons. The zero-order chi connectivity index (χ0) is 18.1. The molecule has 136 valence electrons. The van der Waals surface area contributed by atoms with Crippen molar-refractivity contribution < 1.29 is 8.78 Å². The molecular formula is C19H20F2N4S. The Labute approximate surface area is 155 Å². The second kappa shape index (κ2) is 7.25. The van der Waals surface area contributed by atoms with Gasteiger partial charge in [0.2, 0.25) is 0 Å². The van der Waals surface area contributed by atoms with E-state index >= 15 is 0 Å². The van der Waals surface area contributed by atoms with Crippen molar-refractivity contribution in [3.05, 3.63) is 65.5 Å². The Hall–Kier alpha value is -2.12. The minimum atomic E-state index is -0.540. The number of rotatable bonds is 3. The van der Waals surface area contributed by atoms with Gasteiger partial charge in [0.1, 0.15) is 17.0 Å². The Bertz CT molecular complexity index is 809. The number of pyridine rings is 1. The lowest BCUT2D eigenvalue weighted by atomic mass is 10.1. The van der Waals surface area contributed by atoms with Gasteiger partial charge in [0.05, 0.1) is 23.1 Å². The molecule has 2 aliphatic rings. The molecule has 0 amide bonds. The SMILES string of the molecule is NC1CCCN(c2ccncc2N2C=CSC2c2c(F)cccc2F)C1. The lowest BCUT2D eigenvalue weighted by molar-refractivity contribution is 0.506. The van der Waals surface area contributed by atoms with Gasteiger partial charge in [0.25, 0.3) is 0 Å². The van der Waals surface area contributed by atoms with E-state index in [-0.39, 0.29) is 11.6 Å². The molecule has 2 aromatic rings. The molecule has 2 atom stereocenters. The summed E-state index contributed by atoms with van der Waals surface area (Å²) in [6, 6.07) is 6.05. The number of aromatic nitrogens is 1. The van der Waals surface area contributed by atoms with Crippen LogP contribution in [0.1, 0.15) is 23.8 Å². The normalized spacial score (nSPS) is 22.9. The molecule has 2 aliphatic heterocycles. The average Bonchev–Trinajstić information content (AvgIpc) is 3.11. The second-order valence-electron chi connectivity index (χ2n) is 6.53. The fraction of sp³-hybridized carbons (Fsp3) is 0.316. The van der Waals surface area contributed by atoms with Crippen LogP contribution in [-0.4, -0.2) is 24.1 Å². The van der Waals surface area contributed by atoms with E-state index in [4.69, 9.17) is 5.73 Å². The Kier molecular flexibility index (Phi) is 4.82. The number of hydrogen-bond acceptors (Lipinski definition) is 5. The number of piperidine rings is 1. The Balaban J connectivity index is 1.72. The maximum absolute atomic E-state index is 14.3. The molecule has 0 aliphatic carbocycles. The van der Waals surface area contributed by atoms with Gasteiger partial charge in [0.15, 0.2) is 0 Å². The highest BCUT2D eigenvalue weighted by Crippen LogP contribution is 2.46. The van der Waals surface area contributed by atoms with Crippen LogP contribution in [0.5, 0.6) is 0 Å². The van der Waals surface area contributed by atoms with Crippen LogP contribution in [0.3, 0.4) is 0 Å². The Morgan fingerprint density at radius 2 is 1.96 bits per heavy atom. The monoisotopic (exact) mass is 374 g/mol. The molecule has 7 heteroatoms. The van der Waals surface area contributed by atoms with Gasteiger partial charge < -0.3 is 15.5 Å². The van der Waals surface area contributed by atoms with Crippen LogP contribution in [0.4, 0.5) is 20.2 Å². The molecule has 1 fully saturated rings. The van der Waals surface area contributed by atoms with Crippen LogP contribution in [0.25, 0.3) is 0 Å². The average molecular weight is 374 g/mol. The third-order valence-corrected chi connectivity index (χ3v) is 5.78. The largest absolute Gasteiger partial charge is 0.368 e. The van der Waals surface area contributed by atoms with Crippen LogP contribution in [-0.2, 0) is 0 Å². The van der Waals surface area contributed by atoms with Gasteiger partial charge in [-0.25, -0.2) is 8.78 Å². The first kappa shape index (κ1) is 17.3. The van der Waals surface area contributed by atoms with Crippen LogP contribution in [0.2, 0.25) is 0 Å². The number of hydrogen-bond donors (Lipinski definition) is 1. The lowest BCUT2D eigenvalue weighted by Crippen LogP contribution is -2.43. The van der Waals surface area contributed by atoms with Crippen molar-refractivity contribution in [2.24, 2.45) is 5.73 Å². The summed E-state index contributed by atoms with van der Waals surface area (Å²) in [5, 5.41) is 1.35. The van der Waals surface area contributed by atoms with Crippen LogP contribution >= 0.6 is 11.8 Å². The fourth-order valence-electron chi connectivity index (χ4n) is 3.55. The third kappa shape index (κ3) is 3.17. The van der Waals surface area contributed by atoms with E-state index in [1.807, 2.05) is 22.6 Å².